The van der Waals surface area contributed by atoms with E-state index in [4.69, 9.17) is 0 Å². The fourth-order valence-corrected chi connectivity index (χ4v) is 1.85. The average molecular weight is 228 g/mol. The van der Waals surface area contributed by atoms with Crippen LogP contribution in [0.2, 0.25) is 0 Å². The molecule has 5 nitrogen and oxygen atoms in total. The van der Waals surface area contributed by atoms with E-state index >= 15 is 0 Å². The van der Waals surface area contributed by atoms with Crippen LogP contribution >= 0.6 is 0 Å². The lowest BCUT2D eigenvalue weighted by Crippen LogP contribution is -2.42. The van der Waals surface area contributed by atoms with Crippen molar-refractivity contribution >= 4 is 11.9 Å². The number of carbonyl (C=O) groups is 2. The van der Waals surface area contributed by atoms with Crippen LogP contribution in [0.15, 0.2) is 0 Å². The predicted octanol–water partition coefficient (Wildman–Crippen LogP) is 0.00750. The third-order valence-corrected chi connectivity index (χ3v) is 2.90. The van der Waals surface area contributed by atoms with Crippen molar-refractivity contribution < 1.29 is 14.3 Å². The Morgan fingerprint density at radius 3 is 2.81 bits per heavy atom. The van der Waals surface area contributed by atoms with Crippen molar-refractivity contribution in [2.45, 2.75) is 19.3 Å². The summed E-state index contributed by atoms with van der Waals surface area (Å²) in [6.45, 7) is 2.18. The number of nitrogens with zero attached hydrogens (tertiary/aromatic N) is 1. The minimum absolute atomic E-state index is 0.0661. The van der Waals surface area contributed by atoms with Gasteiger partial charge in [-0.2, -0.15) is 0 Å². The van der Waals surface area contributed by atoms with Gasteiger partial charge in [-0.25, -0.2) is 0 Å². The molecule has 0 bridgehead atoms. The smallest absolute Gasteiger partial charge is 0.307 e. The number of nitrogens with one attached hydrogen (secondary N) is 1. The van der Waals surface area contributed by atoms with Gasteiger partial charge in [0.1, 0.15) is 0 Å². The van der Waals surface area contributed by atoms with Crippen LogP contribution in [-0.4, -0.2) is 50.6 Å². The molecule has 92 valence electrons. The molecule has 16 heavy (non-hydrogen) atoms. The molecule has 1 aliphatic heterocycles. The van der Waals surface area contributed by atoms with Gasteiger partial charge in [0.25, 0.3) is 0 Å². The predicted molar refractivity (Wildman–Crippen MR) is 59.9 cm³/mol. The summed E-state index contributed by atoms with van der Waals surface area (Å²) in [7, 11) is 3.09. The van der Waals surface area contributed by atoms with Crippen molar-refractivity contribution in [2.24, 2.45) is 5.92 Å². The van der Waals surface area contributed by atoms with Crippen LogP contribution in [0.5, 0.6) is 0 Å². The fraction of sp³-hybridized carbons (Fsp3) is 0.818. The lowest BCUT2D eigenvalue weighted by atomic mass is 9.98. The molecule has 1 amide bonds. The maximum Gasteiger partial charge on any atom is 0.307 e. The van der Waals surface area contributed by atoms with Gasteiger partial charge >= 0.3 is 5.97 Å². The van der Waals surface area contributed by atoms with Crippen molar-refractivity contribution in [1.29, 1.82) is 0 Å². The number of methoxy groups -OCH3 is 1. The van der Waals surface area contributed by atoms with Crippen molar-refractivity contribution in [3.63, 3.8) is 0 Å². The van der Waals surface area contributed by atoms with E-state index in [0.29, 0.717) is 6.54 Å². The molecule has 0 aromatic heterocycles. The number of ether oxygens (including phenoxy) is 1. The third kappa shape index (κ3) is 3.81. The standard InChI is InChI=1S/C11H20N2O3/c1-13(7-5-10(14)16-2)11(15)9-4-3-6-12-8-9/h9,12H,3-8H2,1-2H3. The zero-order valence-electron chi connectivity index (χ0n) is 9.99. The molecule has 0 aromatic carbocycles. The summed E-state index contributed by atoms with van der Waals surface area (Å²) in [4.78, 5) is 24.5. The Morgan fingerprint density at radius 2 is 2.25 bits per heavy atom. The van der Waals surface area contributed by atoms with E-state index in [1.54, 1.807) is 11.9 Å². The Kier molecular flexibility index (Phi) is 5.25. The van der Waals surface area contributed by atoms with Crippen LogP contribution in [-0.2, 0) is 14.3 Å². The summed E-state index contributed by atoms with van der Waals surface area (Å²) in [5, 5.41) is 3.21. The Bertz CT molecular complexity index is 250. The van der Waals surface area contributed by atoms with Crippen molar-refractivity contribution in [2.75, 3.05) is 33.8 Å². The summed E-state index contributed by atoms with van der Waals surface area (Å²) in [6, 6.07) is 0. The number of esters is 1. The van der Waals surface area contributed by atoms with Crippen molar-refractivity contribution in [3.8, 4) is 0 Å². The molecule has 1 aliphatic rings. The van der Waals surface area contributed by atoms with Crippen LogP contribution in [0, 0.1) is 5.92 Å². The van der Waals surface area contributed by atoms with E-state index in [1.807, 2.05) is 0 Å². The molecule has 1 heterocycles. The van der Waals surface area contributed by atoms with Gasteiger partial charge in [0.15, 0.2) is 0 Å². The molecular weight excluding hydrogens is 208 g/mol. The molecule has 0 aliphatic carbocycles. The highest BCUT2D eigenvalue weighted by Gasteiger charge is 2.23. The molecule has 1 unspecified atom stereocenters. The van der Waals surface area contributed by atoms with Crippen molar-refractivity contribution in [3.05, 3.63) is 0 Å². The molecule has 1 fully saturated rings. The maximum atomic E-state index is 11.9. The highest BCUT2D eigenvalue weighted by atomic mass is 16.5. The van der Waals surface area contributed by atoms with Crippen LogP contribution < -0.4 is 5.32 Å². The number of piperidine rings is 1. The van der Waals surface area contributed by atoms with E-state index in [0.717, 1.165) is 25.9 Å². The molecule has 1 rings (SSSR count). The lowest BCUT2D eigenvalue weighted by Gasteiger charge is -2.26. The normalized spacial score (nSPS) is 20.2. The number of carbonyl (C=O) groups excluding carboxylic acids is 2. The first-order valence-electron chi connectivity index (χ1n) is 5.67. The fourth-order valence-electron chi connectivity index (χ4n) is 1.85. The lowest BCUT2D eigenvalue weighted by molar-refractivity contribution is -0.142. The molecule has 0 spiro atoms. The SMILES string of the molecule is COC(=O)CCN(C)C(=O)C1CCCNC1. The van der Waals surface area contributed by atoms with Gasteiger partial charge < -0.3 is 15.0 Å². The first kappa shape index (κ1) is 13.0. The summed E-state index contributed by atoms with van der Waals surface area (Å²) in [5.74, 6) is -0.0890. The van der Waals surface area contributed by atoms with E-state index in [9.17, 15) is 9.59 Å². The van der Waals surface area contributed by atoms with Gasteiger partial charge in [-0.1, -0.05) is 0 Å². The van der Waals surface area contributed by atoms with E-state index in [1.165, 1.54) is 7.11 Å². The van der Waals surface area contributed by atoms with Crippen molar-refractivity contribution in [1.82, 2.24) is 10.2 Å². The molecule has 1 N–H and O–H groups in total. The number of hydrogen-bond donors (Lipinski definition) is 1. The van der Waals surface area contributed by atoms with Gasteiger partial charge in [-0.3, -0.25) is 9.59 Å². The van der Waals surface area contributed by atoms with Gasteiger partial charge in [-0.05, 0) is 19.4 Å². The highest BCUT2D eigenvalue weighted by molar-refractivity contribution is 5.79. The first-order chi connectivity index (χ1) is 7.65. The Morgan fingerprint density at radius 1 is 1.50 bits per heavy atom. The topological polar surface area (TPSA) is 58.6 Å². The van der Waals surface area contributed by atoms with Gasteiger partial charge in [-0.15, -0.1) is 0 Å². The molecule has 1 atom stereocenters. The quantitative estimate of drug-likeness (QED) is 0.688. The van der Waals surface area contributed by atoms with Gasteiger partial charge in [0.2, 0.25) is 5.91 Å². The maximum absolute atomic E-state index is 11.9. The summed E-state index contributed by atoms with van der Waals surface area (Å²) in [6.07, 6.45) is 2.24. The number of hydrogen-bond acceptors (Lipinski definition) is 4. The second kappa shape index (κ2) is 6.48. The van der Waals surface area contributed by atoms with E-state index in [2.05, 4.69) is 10.1 Å². The second-order valence-corrected chi connectivity index (χ2v) is 4.13. The monoisotopic (exact) mass is 228 g/mol. The number of amides is 1. The van der Waals surface area contributed by atoms with Crippen LogP contribution in [0.3, 0.4) is 0 Å². The average Bonchev–Trinajstić information content (AvgIpc) is 2.35. The second-order valence-electron chi connectivity index (χ2n) is 4.13. The van der Waals surface area contributed by atoms with Gasteiger partial charge in [0, 0.05) is 20.1 Å². The van der Waals surface area contributed by atoms with E-state index in [-0.39, 0.29) is 24.2 Å². The van der Waals surface area contributed by atoms with Crippen LogP contribution in [0.4, 0.5) is 0 Å². The zero-order chi connectivity index (χ0) is 12.0. The Labute approximate surface area is 96.1 Å². The molecule has 0 aromatic rings. The van der Waals surface area contributed by atoms with Crippen LogP contribution in [0.1, 0.15) is 19.3 Å². The summed E-state index contributed by atoms with van der Waals surface area (Å²) in [5.41, 5.74) is 0. The Balaban J connectivity index is 2.31. The first-order valence-corrected chi connectivity index (χ1v) is 5.67. The minimum Gasteiger partial charge on any atom is -0.469 e. The molecule has 0 saturated carbocycles. The zero-order valence-corrected chi connectivity index (χ0v) is 9.99. The molecule has 5 heteroatoms. The largest absolute Gasteiger partial charge is 0.469 e. The van der Waals surface area contributed by atoms with E-state index < -0.39 is 0 Å². The molecular formula is C11H20N2O3. The number of rotatable bonds is 4. The summed E-state index contributed by atoms with van der Waals surface area (Å²) >= 11 is 0. The minimum atomic E-state index is -0.276. The highest BCUT2D eigenvalue weighted by Crippen LogP contribution is 2.12. The summed E-state index contributed by atoms with van der Waals surface area (Å²) < 4.78 is 4.54. The van der Waals surface area contributed by atoms with Crippen LogP contribution in [0.25, 0.3) is 0 Å². The molecule has 1 saturated heterocycles. The van der Waals surface area contributed by atoms with Gasteiger partial charge in [0.05, 0.1) is 19.4 Å². The third-order valence-electron chi connectivity index (χ3n) is 2.90. The molecule has 0 radical (unpaired) electrons. The Hall–Kier alpha value is -1.10.